The predicted molar refractivity (Wildman–Crippen MR) is 279 cm³/mol. The molecule has 64 heavy (non-hydrogen) atoms. The van der Waals surface area contributed by atoms with Crippen molar-refractivity contribution in [2.24, 2.45) is 0 Å². The zero-order valence-electron chi connectivity index (χ0n) is 43.3. The van der Waals surface area contributed by atoms with Gasteiger partial charge < -0.3 is 25.7 Å². The topological polar surface area (TPSA) is 110 Å². The van der Waals surface area contributed by atoms with E-state index < -0.39 is 36.9 Å². The molecule has 6 nitrogen and oxygen atoms in total. The summed E-state index contributed by atoms with van der Waals surface area (Å²) in [4.78, 5) is 12.6. The summed E-state index contributed by atoms with van der Waals surface area (Å²) in [6.45, 7) is 4.08. The number of amides is 1. The highest BCUT2D eigenvalue weighted by molar-refractivity contribution is 5.80. The highest BCUT2D eigenvalue weighted by atomic mass is 16.3. The van der Waals surface area contributed by atoms with Crippen LogP contribution in [0.4, 0.5) is 0 Å². The molecule has 5 N–H and O–H groups in total. The summed E-state index contributed by atoms with van der Waals surface area (Å²) in [5.41, 5.74) is 0. The Balaban J connectivity index is 3.56. The largest absolute Gasteiger partial charge is 0.394 e. The highest BCUT2D eigenvalue weighted by Gasteiger charge is 2.28. The minimum atomic E-state index is -1.26. The lowest BCUT2D eigenvalue weighted by atomic mass is 9.99. The lowest BCUT2D eigenvalue weighted by molar-refractivity contribution is -0.132. The number of aliphatic hydroxyl groups excluding tert-OH is 4. The lowest BCUT2D eigenvalue weighted by Gasteiger charge is -2.27. The molecular formula is C58H115NO5. The number of allylic oxidation sites excluding steroid dienone is 2. The van der Waals surface area contributed by atoms with E-state index in [1.54, 1.807) is 0 Å². The summed E-state index contributed by atoms with van der Waals surface area (Å²) >= 11 is 0. The minimum Gasteiger partial charge on any atom is -0.394 e. The van der Waals surface area contributed by atoms with E-state index >= 15 is 0 Å². The van der Waals surface area contributed by atoms with Crippen molar-refractivity contribution in [3.05, 3.63) is 12.2 Å². The Hall–Kier alpha value is -0.950. The first-order chi connectivity index (χ1) is 31.5. The summed E-state index contributed by atoms with van der Waals surface area (Å²) in [6.07, 6.45) is 62.9. The van der Waals surface area contributed by atoms with Crippen LogP contribution in [-0.4, -0.2) is 57.3 Å². The van der Waals surface area contributed by atoms with Crippen molar-refractivity contribution in [2.45, 2.75) is 346 Å². The molecule has 0 heterocycles. The molecule has 4 atom stereocenters. The van der Waals surface area contributed by atoms with Gasteiger partial charge >= 0.3 is 0 Å². The van der Waals surface area contributed by atoms with E-state index in [2.05, 4.69) is 31.3 Å². The van der Waals surface area contributed by atoms with Crippen molar-refractivity contribution in [2.75, 3.05) is 6.61 Å². The molecule has 0 aromatic carbocycles. The van der Waals surface area contributed by atoms with Gasteiger partial charge in [-0.1, -0.05) is 296 Å². The first-order valence-electron chi connectivity index (χ1n) is 29.1. The van der Waals surface area contributed by atoms with E-state index in [0.717, 1.165) is 51.4 Å². The molecule has 4 unspecified atom stereocenters. The van der Waals surface area contributed by atoms with Crippen LogP contribution < -0.4 is 5.32 Å². The van der Waals surface area contributed by atoms with Crippen molar-refractivity contribution >= 4 is 5.91 Å². The first-order valence-corrected chi connectivity index (χ1v) is 29.1. The number of carbonyl (C=O) groups is 1. The van der Waals surface area contributed by atoms with Crippen molar-refractivity contribution in [1.82, 2.24) is 5.32 Å². The Labute approximate surface area is 400 Å². The standard InChI is InChI=1S/C58H115NO5/c1-3-5-7-9-11-13-15-17-19-21-22-23-24-25-26-27-28-29-30-31-32-33-34-36-37-39-41-43-45-47-49-51-55(61)57(63)54(53-60)59-58(64)56(62)52-50-48-46-44-42-40-38-35-20-18-16-14-12-10-8-6-4-2/h38,40,54-57,60-63H,3-37,39,41-53H2,1-2H3,(H,59,64)/b40-38-. The number of rotatable bonds is 54. The lowest BCUT2D eigenvalue weighted by Crippen LogP contribution is -2.53. The summed E-state index contributed by atoms with van der Waals surface area (Å²) in [5, 5.41) is 44.0. The number of unbranched alkanes of at least 4 members (excludes halogenated alkanes) is 43. The fraction of sp³-hybridized carbons (Fsp3) is 0.948. The molecule has 0 aliphatic heterocycles. The van der Waals surface area contributed by atoms with E-state index in [4.69, 9.17) is 0 Å². The van der Waals surface area contributed by atoms with E-state index in [1.807, 2.05) is 0 Å². The summed E-state index contributed by atoms with van der Waals surface area (Å²) < 4.78 is 0. The molecule has 0 aliphatic rings. The maximum Gasteiger partial charge on any atom is 0.249 e. The van der Waals surface area contributed by atoms with Gasteiger partial charge in [-0.2, -0.15) is 0 Å². The summed E-state index contributed by atoms with van der Waals surface area (Å²) in [5.74, 6) is -0.587. The van der Waals surface area contributed by atoms with Crippen LogP contribution in [0, 0.1) is 0 Å². The molecule has 0 aromatic heterocycles. The molecule has 1 amide bonds. The molecule has 0 radical (unpaired) electrons. The van der Waals surface area contributed by atoms with Gasteiger partial charge in [-0.05, 0) is 38.5 Å². The van der Waals surface area contributed by atoms with E-state index in [0.29, 0.717) is 12.8 Å². The third kappa shape index (κ3) is 46.2. The van der Waals surface area contributed by atoms with E-state index in [9.17, 15) is 25.2 Å². The maximum absolute atomic E-state index is 12.6. The van der Waals surface area contributed by atoms with Crippen LogP contribution in [0.2, 0.25) is 0 Å². The Bertz CT molecular complexity index is 928. The van der Waals surface area contributed by atoms with Gasteiger partial charge in [-0.15, -0.1) is 0 Å². The zero-order valence-corrected chi connectivity index (χ0v) is 43.3. The zero-order chi connectivity index (χ0) is 46.7. The van der Waals surface area contributed by atoms with Crippen molar-refractivity contribution < 1.29 is 25.2 Å². The van der Waals surface area contributed by atoms with Gasteiger partial charge in [0.25, 0.3) is 0 Å². The van der Waals surface area contributed by atoms with Gasteiger partial charge in [0.05, 0.1) is 18.8 Å². The molecule has 382 valence electrons. The fourth-order valence-corrected chi connectivity index (χ4v) is 9.40. The average molecular weight is 907 g/mol. The normalized spacial score (nSPS) is 13.8. The number of hydrogen-bond acceptors (Lipinski definition) is 5. The third-order valence-electron chi connectivity index (χ3n) is 14.0. The summed E-state index contributed by atoms with van der Waals surface area (Å²) in [6, 6.07) is -0.988. The minimum absolute atomic E-state index is 0.358. The van der Waals surface area contributed by atoms with Crippen LogP contribution in [0.1, 0.15) is 322 Å². The van der Waals surface area contributed by atoms with Gasteiger partial charge in [-0.3, -0.25) is 4.79 Å². The number of hydrogen-bond donors (Lipinski definition) is 5. The molecule has 0 aliphatic carbocycles. The van der Waals surface area contributed by atoms with Gasteiger partial charge in [0.15, 0.2) is 0 Å². The number of aliphatic hydroxyl groups is 4. The molecule has 0 saturated carbocycles. The van der Waals surface area contributed by atoms with Crippen LogP contribution in [0.25, 0.3) is 0 Å². The molecule has 0 saturated heterocycles. The second-order valence-corrected chi connectivity index (χ2v) is 20.3. The number of carbonyl (C=O) groups excluding carboxylic acids is 1. The Morgan fingerprint density at radius 2 is 0.625 bits per heavy atom. The van der Waals surface area contributed by atoms with Crippen molar-refractivity contribution in [3.63, 3.8) is 0 Å². The van der Waals surface area contributed by atoms with Gasteiger partial charge in [0.1, 0.15) is 12.2 Å². The molecule has 0 aromatic rings. The highest BCUT2D eigenvalue weighted by Crippen LogP contribution is 2.18. The van der Waals surface area contributed by atoms with Crippen LogP contribution in [0.15, 0.2) is 12.2 Å². The molecular weight excluding hydrogens is 791 g/mol. The molecule has 0 rings (SSSR count). The van der Waals surface area contributed by atoms with Crippen molar-refractivity contribution in [3.8, 4) is 0 Å². The predicted octanol–water partition coefficient (Wildman–Crippen LogP) is 16.9. The maximum atomic E-state index is 12.6. The van der Waals surface area contributed by atoms with Crippen molar-refractivity contribution in [1.29, 1.82) is 0 Å². The van der Waals surface area contributed by atoms with Gasteiger partial charge in [0, 0.05) is 0 Å². The fourth-order valence-electron chi connectivity index (χ4n) is 9.40. The molecule has 6 heteroatoms. The first kappa shape index (κ1) is 63.0. The Kier molecular flexibility index (Phi) is 52.2. The summed E-state index contributed by atoms with van der Waals surface area (Å²) in [7, 11) is 0. The molecule has 0 spiro atoms. The van der Waals surface area contributed by atoms with E-state index in [1.165, 1.54) is 244 Å². The van der Waals surface area contributed by atoms with Crippen LogP contribution in [0.3, 0.4) is 0 Å². The third-order valence-corrected chi connectivity index (χ3v) is 14.0. The molecule has 0 bridgehead atoms. The van der Waals surface area contributed by atoms with Gasteiger partial charge in [0.2, 0.25) is 5.91 Å². The average Bonchev–Trinajstić information content (AvgIpc) is 3.30. The van der Waals surface area contributed by atoms with E-state index in [-0.39, 0.29) is 0 Å². The Morgan fingerprint density at radius 3 is 0.906 bits per heavy atom. The Morgan fingerprint density at radius 1 is 0.375 bits per heavy atom. The molecule has 0 fully saturated rings. The quantitative estimate of drug-likeness (QED) is 0.0308. The van der Waals surface area contributed by atoms with Crippen LogP contribution in [-0.2, 0) is 4.79 Å². The number of nitrogens with one attached hydrogen (secondary N) is 1. The SMILES string of the molecule is CCCCCCCCCCC/C=C\CCCCCCC(O)C(=O)NC(CO)C(O)C(O)CCCCCCCCCCCCCCCCCCCCCCCCCCCCCCCCC. The van der Waals surface area contributed by atoms with Crippen LogP contribution >= 0.6 is 0 Å². The second kappa shape index (κ2) is 53.0. The van der Waals surface area contributed by atoms with Crippen LogP contribution in [0.5, 0.6) is 0 Å². The smallest absolute Gasteiger partial charge is 0.249 e. The van der Waals surface area contributed by atoms with Gasteiger partial charge in [-0.25, -0.2) is 0 Å². The monoisotopic (exact) mass is 906 g/mol. The second-order valence-electron chi connectivity index (χ2n) is 20.3.